The molecular weight excluding hydrogens is 460 g/mol. The van der Waals surface area contributed by atoms with Crippen molar-refractivity contribution in [3.05, 3.63) is 120 Å². The number of carbonyl (C=O) groups excluding carboxylic acids is 1. The van der Waals surface area contributed by atoms with Crippen LogP contribution in [0.3, 0.4) is 0 Å². The van der Waals surface area contributed by atoms with E-state index < -0.39 is 0 Å². The van der Waals surface area contributed by atoms with Crippen molar-refractivity contribution in [1.29, 1.82) is 5.26 Å². The Morgan fingerprint density at radius 1 is 1.00 bits per heavy atom. The van der Waals surface area contributed by atoms with E-state index in [1.54, 1.807) is 55.7 Å². The normalized spacial score (nSPS) is 11.2. The zero-order valence-corrected chi connectivity index (χ0v) is 20.6. The number of anilines is 4. The summed E-state index contributed by atoms with van der Waals surface area (Å²) in [5.74, 6) is 0.194. The van der Waals surface area contributed by atoms with Gasteiger partial charge in [0.05, 0.1) is 17.1 Å². The molecule has 0 spiro atoms. The summed E-state index contributed by atoms with van der Waals surface area (Å²) in [6.07, 6.45) is 8.56. The first-order valence-electron chi connectivity index (χ1n) is 11.6. The molecule has 1 amide bonds. The summed E-state index contributed by atoms with van der Waals surface area (Å²) in [6.45, 7) is 7.79. The van der Waals surface area contributed by atoms with Gasteiger partial charge < -0.3 is 16.0 Å². The van der Waals surface area contributed by atoms with Crippen LogP contribution in [0.1, 0.15) is 18.1 Å². The topological polar surface area (TPSA) is 103 Å². The molecule has 4 rings (SSSR count). The van der Waals surface area contributed by atoms with Gasteiger partial charge in [0, 0.05) is 52.2 Å². The standard InChI is InChI=1S/C30H26N6O/c1-20-6-4-9-24(16-20)35-25-12-14-33-29(18-25)36-30(37)21(2)7-5-8-22(3)34-28-13-15-32-27-11-10-23(19-31)17-26(27)28/h4-18H,3H2,1-2H3,(H,32,34)(H2,33,35,36,37)/b8-5-,21-7+. The van der Waals surface area contributed by atoms with Crippen LogP contribution in [-0.2, 0) is 4.79 Å². The molecule has 0 atom stereocenters. The van der Waals surface area contributed by atoms with E-state index in [9.17, 15) is 10.1 Å². The van der Waals surface area contributed by atoms with Gasteiger partial charge in [0.15, 0.2) is 0 Å². The smallest absolute Gasteiger partial charge is 0.252 e. The van der Waals surface area contributed by atoms with Crippen molar-refractivity contribution in [3.63, 3.8) is 0 Å². The van der Waals surface area contributed by atoms with Crippen LogP contribution in [0.4, 0.5) is 22.9 Å². The molecule has 7 nitrogen and oxygen atoms in total. The molecule has 0 saturated carbocycles. The fraction of sp³-hybridized carbons (Fsp3) is 0.0667. The maximum Gasteiger partial charge on any atom is 0.252 e. The number of allylic oxidation sites excluding steroid dienone is 3. The molecule has 0 aliphatic rings. The van der Waals surface area contributed by atoms with Crippen molar-refractivity contribution < 1.29 is 4.79 Å². The minimum absolute atomic E-state index is 0.257. The summed E-state index contributed by atoms with van der Waals surface area (Å²) in [5.41, 5.74) is 6.20. The lowest BCUT2D eigenvalue weighted by atomic mass is 10.1. The van der Waals surface area contributed by atoms with Crippen LogP contribution >= 0.6 is 0 Å². The highest BCUT2D eigenvalue weighted by Crippen LogP contribution is 2.24. The number of hydrogen-bond donors (Lipinski definition) is 3. The lowest BCUT2D eigenvalue weighted by Crippen LogP contribution is -2.13. The maximum atomic E-state index is 12.7. The zero-order chi connectivity index (χ0) is 26.2. The molecule has 37 heavy (non-hydrogen) atoms. The van der Waals surface area contributed by atoms with Crippen LogP contribution in [0.25, 0.3) is 10.9 Å². The molecule has 2 heterocycles. The highest BCUT2D eigenvalue weighted by molar-refractivity contribution is 6.03. The molecule has 2 aromatic heterocycles. The monoisotopic (exact) mass is 486 g/mol. The van der Waals surface area contributed by atoms with Crippen LogP contribution in [-0.4, -0.2) is 15.9 Å². The quantitative estimate of drug-likeness (QED) is 0.191. The number of carbonyl (C=O) groups is 1. The molecule has 0 radical (unpaired) electrons. The third-order valence-electron chi connectivity index (χ3n) is 5.48. The number of amides is 1. The van der Waals surface area contributed by atoms with Crippen molar-refractivity contribution in [2.75, 3.05) is 16.0 Å². The van der Waals surface area contributed by atoms with E-state index in [1.165, 1.54) is 0 Å². The largest absolute Gasteiger partial charge is 0.355 e. The third kappa shape index (κ3) is 6.68. The van der Waals surface area contributed by atoms with Gasteiger partial charge >= 0.3 is 0 Å². The Labute approximate surface area is 215 Å². The number of fused-ring (bicyclic) bond motifs is 1. The number of benzene rings is 2. The van der Waals surface area contributed by atoms with E-state index in [1.807, 2.05) is 49.4 Å². The molecule has 3 N–H and O–H groups in total. The summed E-state index contributed by atoms with van der Waals surface area (Å²) in [6, 6.07) is 21.0. The predicted octanol–water partition coefficient (Wildman–Crippen LogP) is 6.62. The lowest BCUT2D eigenvalue weighted by Gasteiger charge is -2.10. The van der Waals surface area contributed by atoms with E-state index in [4.69, 9.17) is 0 Å². The van der Waals surface area contributed by atoms with Gasteiger partial charge in [-0.2, -0.15) is 5.26 Å². The van der Waals surface area contributed by atoms with E-state index in [0.29, 0.717) is 22.7 Å². The molecule has 2 aromatic carbocycles. The van der Waals surface area contributed by atoms with E-state index in [-0.39, 0.29) is 5.91 Å². The number of nitrogens with zero attached hydrogens (tertiary/aromatic N) is 3. The Bertz CT molecular complexity index is 1580. The van der Waals surface area contributed by atoms with Crippen molar-refractivity contribution in [1.82, 2.24) is 9.97 Å². The highest BCUT2D eigenvalue weighted by Gasteiger charge is 2.07. The van der Waals surface area contributed by atoms with Crippen LogP contribution in [0, 0.1) is 18.3 Å². The van der Waals surface area contributed by atoms with E-state index >= 15 is 0 Å². The first-order valence-corrected chi connectivity index (χ1v) is 11.6. The maximum absolute atomic E-state index is 12.7. The fourth-order valence-electron chi connectivity index (χ4n) is 3.60. The van der Waals surface area contributed by atoms with Gasteiger partial charge in [-0.05, 0) is 68.0 Å². The van der Waals surface area contributed by atoms with Crippen molar-refractivity contribution >= 4 is 39.7 Å². The first kappa shape index (κ1) is 24.9. The molecular formula is C30H26N6O. The molecule has 0 saturated heterocycles. The number of nitrogens with one attached hydrogen (secondary N) is 3. The fourth-order valence-corrected chi connectivity index (χ4v) is 3.60. The number of hydrogen-bond acceptors (Lipinski definition) is 6. The highest BCUT2D eigenvalue weighted by atomic mass is 16.1. The molecule has 0 unspecified atom stereocenters. The zero-order valence-electron chi connectivity index (χ0n) is 20.6. The van der Waals surface area contributed by atoms with Crippen LogP contribution < -0.4 is 16.0 Å². The molecule has 182 valence electrons. The third-order valence-corrected chi connectivity index (χ3v) is 5.48. The molecule has 4 aromatic rings. The van der Waals surface area contributed by atoms with Crippen molar-refractivity contribution in [2.24, 2.45) is 0 Å². The minimum Gasteiger partial charge on any atom is -0.355 e. The van der Waals surface area contributed by atoms with Gasteiger partial charge in [-0.15, -0.1) is 0 Å². The number of pyridine rings is 2. The summed E-state index contributed by atoms with van der Waals surface area (Å²) < 4.78 is 0. The number of rotatable bonds is 8. The lowest BCUT2D eigenvalue weighted by molar-refractivity contribution is -0.112. The minimum atomic E-state index is -0.257. The van der Waals surface area contributed by atoms with E-state index in [0.717, 1.165) is 33.5 Å². The van der Waals surface area contributed by atoms with Crippen molar-refractivity contribution in [3.8, 4) is 6.07 Å². The molecule has 7 heteroatoms. The summed E-state index contributed by atoms with van der Waals surface area (Å²) in [4.78, 5) is 21.2. The van der Waals surface area contributed by atoms with Gasteiger partial charge in [0.25, 0.3) is 5.91 Å². The molecule has 0 fully saturated rings. The Morgan fingerprint density at radius 3 is 2.62 bits per heavy atom. The van der Waals surface area contributed by atoms with Gasteiger partial charge in [0.1, 0.15) is 5.82 Å². The van der Waals surface area contributed by atoms with Crippen LogP contribution in [0.2, 0.25) is 0 Å². The summed E-state index contributed by atoms with van der Waals surface area (Å²) in [5, 5.41) is 19.4. The Kier molecular flexibility index (Phi) is 7.72. The summed E-state index contributed by atoms with van der Waals surface area (Å²) in [7, 11) is 0. The molecule has 0 aliphatic carbocycles. The molecule has 0 aliphatic heterocycles. The van der Waals surface area contributed by atoms with E-state index in [2.05, 4.69) is 38.6 Å². The average molecular weight is 487 g/mol. The Balaban J connectivity index is 1.37. The second kappa shape index (κ2) is 11.5. The average Bonchev–Trinajstić information content (AvgIpc) is 2.88. The Morgan fingerprint density at radius 2 is 1.81 bits per heavy atom. The predicted molar refractivity (Wildman–Crippen MR) is 149 cm³/mol. The summed E-state index contributed by atoms with van der Waals surface area (Å²) >= 11 is 0. The first-order chi connectivity index (χ1) is 17.9. The van der Waals surface area contributed by atoms with Crippen LogP contribution in [0.5, 0.6) is 0 Å². The number of aryl methyl sites for hydroxylation is 1. The SMILES string of the molecule is C=C(/C=C\C=C(/C)C(=O)Nc1cc(Nc2cccc(C)c2)ccn1)Nc1ccnc2ccc(C#N)cc12. The van der Waals surface area contributed by atoms with Gasteiger partial charge in [0.2, 0.25) is 0 Å². The van der Waals surface area contributed by atoms with Gasteiger partial charge in [-0.25, -0.2) is 4.98 Å². The second-order valence-corrected chi connectivity index (χ2v) is 8.44. The van der Waals surface area contributed by atoms with Gasteiger partial charge in [-0.1, -0.05) is 30.9 Å². The Hall–Kier alpha value is -5.22. The van der Waals surface area contributed by atoms with Crippen LogP contribution in [0.15, 0.2) is 109 Å². The number of aromatic nitrogens is 2. The van der Waals surface area contributed by atoms with Crippen molar-refractivity contribution in [2.45, 2.75) is 13.8 Å². The second-order valence-electron chi connectivity index (χ2n) is 8.44. The van der Waals surface area contributed by atoms with Gasteiger partial charge in [-0.3, -0.25) is 9.78 Å². The number of nitriles is 1. The molecule has 0 bridgehead atoms.